The molecule has 0 spiro atoms. The second-order valence-electron chi connectivity index (χ2n) is 4.32. The van der Waals surface area contributed by atoms with Crippen molar-refractivity contribution in [2.75, 3.05) is 11.3 Å². The lowest BCUT2D eigenvalue weighted by atomic mass is 10.2. The van der Waals surface area contributed by atoms with Gasteiger partial charge in [0.1, 0.15) is 5.56 Å². The number of nitrogens with zero attached hydrogens (tertiary/aromatic N) is 2. The highest BCUT2D eigenvalue weighted by Gasteiger charge is 2.24. The molecule has 0 aliphatic carbocycles. The molecule has 0 atom stereocenters. The summed E-state index contributed by atoms with van der Waals surface area (Å²) in [6, 6.07) is 1.37. The number of hydrogen-bond acceptors (Lipinski definition) is 5. The van der Waals surface area contributed by atoms with Crippen molar-refractivity contribution in [3.63, 3.8) is 0 Å². The van der Waals surface area contributed by atoms with E-state index in [9.17, 15) is 13.2 Å². The van der Waals surface area contributed by atoms with Gasteiger partial charge in [0.2, 0.25) is 0 Å². The molecule has 0 saturated carbocycles. The largest absolute Gasteiger partial charge is 0.462 e. The summed E-state index contributed by atoms with van der Waals surface area (Å²) in [6.07, 6.45) is 2.79. The molecule has 0 aliphatic rings. The minimum absolute atomic E-state index is 0.00355. The predicted octanol–water partition coefficient (Wildman–Crippen LogP) is 1.03. The molecule has 2 N–H and O–H groups in total. The van der Waals surface area contributed by atoms with Crippen LogP contribution >= 0.6 is 0 Å². The summed E-state index contributed by atoms with van der Waals surface area (Å²) in [6.45, 7) is 3.55. The standard InChI is InChI=1S/C12H16N4O4S/c1-4-20-12(17)11-8(2)13-7-9(11)15-21(18,19)10-5-6-14-16(10)3/h5-7,13,15H,4H2,1-3H3. The molecule has 0 aliphatic heterocycles. The Morgan fingerprint density at radius 3 is 2.81 bits per heavy atom. The van der Waals surface area contributed by atoms with Gasteiger partial charge in [0, 0.05) is 18.9 Å². The van der Waals surface area contributed by atoms with Gasteiger partial charge in [-0.05, 0) is 19.9 Å². The number of hydrogen-bond donors (Lipinski definition) is 2. The van der Waals surface area contributed by atoms with Crippen LogP contribution in [0.2, 0.25) is 0 Å². The van der Waals surface area contributed by atoms with E-state index in [0.29, 0.717) is 5.69 Å². The van der Waals surface area contributed by atoms with E-state index in [1.165, 1.54) is 30.2 Å². The summed E-state index contributed by atoms with van der Waals surface area (Å²) in [7, 11) is -2.32. The lowest BCUT2D eigenvalue weighted by Crippen LogP contribution is -2.18. The van der Waals surface area contributed by atoms with Crippen molar-refractivity contribution < 1.29 is 17.9 Å². The fraction of sp³-hybridized carbons (Fsp3) is 0.333. The lowest BCUT2D eigenvalue weighted by molar-refractivity contribution is 0.0527. The van der Waals surface area contributed by atoms with Crippen molar-refractivity contribution in [1.82, 2.24) is 14.8 Å². The molecular formula is C12H16N4O4S. The number of aromatic nitrogens is 3. The molecule has 2 heterocycles. The summed E-state index contributed by atoms with van der Waals surface area (Å²) >= 11 is 0. The number of aromatic amines is 1. The monoisotopic (exact) mass is 312 g/mol. The number of esters is 1. The minimum Gasteiger partial charge on any atom is -0.462 e. The molecule has 9 heteroatoms. The highest BCUT2D eigenvalue weighted by molar-refractivity contribution is 7.92. The molecule has 114 valence electrons. The maximum atomic E-state index is 12.3. The van der Waals surface area contributed by atoms with Gasteiger partial charge in [0.25, 0.3) is 10.0 Å². The van der Waals surface area contributed by atoms with Crippen molar-refractivity contribution in [2.24, 2.45) is 7.05 Å². The first-order chi connectivity index (χ1) is 9.86. The number of rotatable bonds is 5. The molecule has 21 heavy (non-hydrogen) atoms. The first-order valence-corrected chi connectivity index (χ1v) is 7.71. The van der Waals surface area contributed by atoms with Crippen LogP contribution in [0, 0.1) is 6.92 Å². The maximum Gasteiger partial charge on any atom is 0.342 e. The van der Waals surface area contributed by atoms with Gasteiger partial charge in [0.15, 0.2) is 5.03 Å². The molecular weight excluding hydrogens is 296 g/mol. The molecule has 0 radical (unpaired) electrons. The van der Waals surface area contributed by atoms with Crippen LogP contribution in [-0.4, -0.2) is 35.8 Å². The molecule has 8 nitrogen and oxygen atoms in total. The summed E-state index contributed by atoms with van der Waals surface area (Å²) < 4.78 is 33.1. The Kier molecular flexibility index (Phi) is 4.03. The number of sulfonamides is 1. The Labute approximate surface area is 122 Å². The highest BCUT2D eigenvalue weighted by atomic mass is 32.2. The first-order valence-electron chi connectivity index (χ1n) is 6.22. The first kappa shape index (κ1) is 15.1. The average molecular weight is 312 g/mol. The normalized spacial score (nSPS) is 11.4. The summed E-state index contributed by atoms with van der Waals surface area (Å²) in [4.78, 5) is 14.7. The number of carbonyl (C=O) groups is 1. The molecule has 2 aromatic rings. The van der Waals surface area contributed by atoms with Crippen molar-refractivity contribution in [3.05, 3.63) is 29.7 Å². The van der Waals surface area contributed by atoms with Gasteiger partial charge in [-0.15, -0.1) is 0 Å². The number of ether oxygens (including phenoxy) is 1. The van der Waals surface area contributed by atoms with E-state index >= 15 is 0 Å². The van der Waals surface area contributed by atoms with Crippen LogP contribution in [0.1, 0.15) is 23.0 Å². The maximum absolute atomic E-state index is 12.3. The van der Waals surface area contributed by atoms with Crippen LogP contribution in [0.15, 0.2) is 23.5 Å². The molecule has 2 rings (SSSR count). The number of H-pyrrole nitrogens is 1. The van der Waals surface area contributed by atoms with Crippen LogP contribution in [0.5, 0.6) is 0 Å². The molecule has 2 aromatic heterocycles. The third kappa shape index (κ3) is 2.92. The summed E-state index contributed by atoms with van der Waals surface area (Å²) in [5.41, 5.74) is 0.839. The van der Waals surface area contributed by atoms with Crippen molar-refractivity contribution in [2.45, 2.75) is 18.9 Å². The van der Waals surface area contributed by atoms with Crippen LogP contribution in [-0.2, 0) is 21.8 Å². The molecule has 0 aromatic carbocycles. The quantitative estimate of drug-likeness (QED) is 0.802. The third-order valence-electron chi connectivity index (χ3n) is 2.85. The average Bonchev–Trinajstić information content (AvgIpc) is 2.96. The van der Waals surface area contributed by atoms with Gasteiger partial charge in [0.05, 0.1) is 18.5 Å². The molecule has 0 fully saturated rings. The van der Waals surface area contributed by atoms with Crippen LogP contribution in [0.25, 0.3) is 0 Å². The van der Waals surface area contributed by atoms with Crippen molar-refractivity contribution >= 4 is 21.7 Å². The molecule has 0 amide bonds. The topological polar surface area (TPSA) is 106 Å². The van der Waals surface area contributed by atoms with Gasteiger partial charge in [-0.1, -0.05) is 0 Å². The van der Waals surface area contributed by atoms with E-state index in [0.717, 1.165) is 0 Å². The number of aryl methyl sites for hydroxylation is 2. The van der Waals surface area contributed by atoms with Crippen molar-refractivity contribution in [3.8, 4) is 0 Å². The van der Waals surface area contributed by atoms with Crippen molar-refractivity contribution in [1.29, 1.82) is 0 Å². The van der Waals surface area contributed by atoms with E-state index in [2.05, 4.69) is 14.8 Å². The van der Waals surface area contributed by atoms with Gasteiger partial charge in [-0.3, -0.25) is 9.40 Å². The zero-order chi connectivity index (χ0) is 15.6. The zero-order valence-electron chi connectivity index (χ0n) is 11.9. The number of nitrogens with one attached hydrogen (secondary N) is 2. The van der Waals surface area contributed by atoms with Crippen LogP contribution in [0.4, 0.5) is 5.69 Å². The highest BCUT2D eigenvalue weighted by Crippen LogP contribution is 2.23. The van der Waals surface area contributed by atoms with Gasteiger partial charge in [-0.25, -0.2) is 4.79 Å². The Balaban J connectivity index is 2.37. The third-order valence-corrected chi connectivity index (χ3v) is 4.29. The SMILES string of the molecule is CCOC(=O)c1c(NS(=O)(=O)c2ccnn2C)c[nH]c1C. The fourth-order valence-electron chi connectivity index (χ4n) is 1.90. The Morgan fingerprint density at radius 2 is 2.24 bits per heavy atom. The van der Waals surface area contributed by atoms with Crippen LogP contribution in [0.3, 0.4) is 0 Å². The van der Waals surface area contributed by atoms with E-state index in [4.69, 9.17) is 4.74 Å². The Hall–Kier alpha value is -2.29. The molecule has 0 saturated heterocycles. The number of carbonyl (C=O) groups excluding carboxylic acids is 1. The predicted molar refractivity (Wildman–Crippen MR) is 75.5 cm³/mol. The lowest BCUT2D eigenvalue weighted by Gasteiger charge is -2.09. The summed E-state index contributed by atoms with van der Waals surface area (Å²) in [5, 5.41) is 3.81. The molecule has 0 bridgehead atoms. The Bertz CT molecular complexity index is 760. The molecule has 0 unspecified atom stereocenters. The second kappa shape index (κ2) is 5.60. The Morgan fingerprint density at radius 1 is 1.52 bits per heavy atom. The number of anilines is 1. The smallest absolute Gasteiger partial charge is 0.342 e. The van der Waals surface area contributed by atoms with Crippen LogP contribution < -0.4 is 4.72 Å². The van der Waals surface area contributed by atoms with E-state index < -0.39 is 16.0 Å². The van der Waals surface area contributed by atoms with E-state index in [-0.39, 0.29) is 22.9 Å². The second-order valence-corrected chi connectivity index (χ2v) is 5.95. The van der Waals surface area contributed by atoms with E-state index in [1.54, 1.807) is 13.8 Å². The van der Waals surface area contributed by atoms with Gasteiger partial charge in [-0.2, -0.15) is 13.5 Å². The van der Waals surface area contributed by atoms with Gasteiger partial charge >= 0.3 is 5.97 Å². The fourth-order valence-corrected chi connectivity index (χ4v) is 3.09. The summed E-state index contributed by atoms with van der Waals surface area (Å²) in [5.74, 6) is -0.584. The van der Waals surface area contributed by atoms with E-state index in [1.807, 2.05) is 0 Å². The zero-order valence-corrected chi connectivity index (χ0v) is 12.7. The minimum atomic E-state index is -3.84. The van der Waals surface area contributed by atoms with Gasteiger partial charge < -0.3 is 9.72 Å².